The predicted octanol–water partition coefficient (Wildman–Crippen LogP) is 2.80. The van der Waals surface area contributed by atoms with Gasteiger partial charge in [-0.2, -0.15) is 4.98 Å². The number of methoxy groups -OCH3 is 1. The molecule has 0 saturated carbocycles. The number of hydrogen-bond donors (Lipinski definition) is 2. The molecule has 0 unspecified atom stereocenters. The lowest BCUT2D eigenvalue weighted by Gasteiger charge is -2.11. The molecule has 0 fully saturated rings. The van der Waals surface area contributed by atoms with E-state index in [1.165, 1.54) is 0 Å². The van der Waals surface area contributed by atoms with Gasteiger partial charge in [0, 0.05) is 12.2 Å². The Kier molecular flexibility index (Phi) is 5.82. The number of rotatable bonds is 8. The van der Waals surface area contributed by atoms with Crippen molar-refractivity contribution >= 4 is 11.8 Å². The standard InChI is InChI=1S/C16H22N4O2/c1-12(2)19-15-8-9-17-16(20-15)18-10-11-22-14-6-4-13(21-3)5-7-14/h4-9,12H,10-11H2,1-3H3,(H2,17,18,19,20). The molecule has 0 bridgehead atoms. The summed E-state index contributed by atoms with van der Waals surface area (Å²) >= 11 is 0. The molecule has 0 atom stereocenters. The topological polar surface area (TPSA) is 68.3 Å². The van der Waals surface area contributed by atoms with Gasteiger partial charge in [0.25, 0.3) is 0 Å². The van der Waals surface area contributed by atoms with E-state index < -0.39 is 0 Å². The van der Waals surface area contributed by atoms with Gasteiger partial charge in [0.15, 0.2) is 0 Å². The molecule has 1 heterocycles. The number of anilines is 2. The molecule has 118 valence electrons. The number of benzene rings is 1. The first kappa shape index (κ1) is 15.9. The molecule has 0 aliphatic rings. The van der Waals surface area contributed by atoms with E-state index in [-0.39, 0.29) is 0 Å². The van der Waals surface area contributed by atoms with Gasteiger partial charge in [-0.05, 0) is 44.2 Å². The third-order valence-corrected chi connectivity index (χ3v) is 2.81. The Morgan fingerprint density at radius 2 is 1.82 bits per heavy atom. The van der Waals surface area contributed by atoms with Crippen LogP contribution in [0.3, 0.4) is 0 Å². The highest BCUT2D eigenvalue weighted by molar-refractivity contribution is 5.40. The molecule has 2 N–H and O–H groups in total. The first-order chi connectivity index (χ1) is 10.7. The first-order valence-electron chi connectivity index (χ1n) is 7.27. The second-order valence-corrected chi connectivity index (χ2v) is 5.02. The van der Waals surface area contributed by atoms with Crippen LogP contribution >= 0.6 is 0 Å². The van der Waals surface area contributed by atoms with Gasteiger partial charge in [0.1, 0.15) is 23.9 Å². The molecule has 2 rings (SSSR count). The van der Waals surface area contributed by atoms with Crippen molar-refractivity contribution in [2.75, 3.05) is 30.9 Å². The van der Waals surface area contributed by atoms with E-state index in [0.29, 0.717) is 25.1 Å². The summed E-state index contributed by atoms with van der Waals surface area (Å²) in [4.78, 5) is 8.55. The monoisotopic (exact) mass is 302 g/mol. The SMILES string of the molecule is COc1ccc(OCCNc2nccc(NC(C)C)n2)cc1. The maximum atomic E-state index is 5.63. The Morgan fingerprint density at radius 1 is 1.09 bits per heavy atom. The van der Waals surface area contributed by atoms with Crippen LogP contribution in [0.15, 0.2) is 36.5 Å². The van der Waals surface area contributed by atoms with Crippen LogP contribution in [-0.2, 0) is 0 Å². The lowest BCUT2D eigenvalue weighted by Crippen LogP contribution is -2.15. The minimum absolute atomic E-state index is 0.334. The van der Waals surface area contributed by atoms with Crippen molar-refractivity contribution < 1.29 is 9.47 Å². The number of aromatic nitrogens is 2. The van der Waals surface area contributed by atoms with E-state index in [2.05, 4.69) is 34.4 Å². The van der Waals surface area contributed by atoms with Crippen LogP contribution in [0.4, 0.5) is 11.8 Å². The van der Waals surface area contributed by atoms with E-state index in [1.54, 1.807) is 13.3 Å². The lowest BCUT2D eigenvalue weighted by atomic mass is 10.3. The zero-order chi connectivity index (χ0) is 15.8. The summed E-state index contributed by atoms with van der Waals surface area (Å²) in [5.74, 6) is 3.01. The van der Waals surface area contributed by atoms with Gasteiger partial charge < -0.3 is 20.1 Å². The molecule has 0 aliphatic heterocycles. The Labute approximate surface area is 130 Å². The van der Waals surface area contributed by atoms with Crippen molar-refractivity contribution in [3.05, 3.63) is 36.5 Å². The number of nitrogens with one attached hydrogen (secondary N) is 2. The van der Waals surface area contributed by atoms with Gasteiger partial charge in [-0.15, -0.1) is 0 Å². The fourth-order valence-electron chi connectivity index (χ4n) is 1.82. The third kappa shape index (κ3) is 5.12. The highest BCUT2D eigenvalue weighted by Gasteiger charge is 2.00. The zero-order valence-electron chi connectivity index (χ0n) is 13.2. The molecule has 6 heteroatoms. The minimum Gasteiger partial charge on any atom is -0.497 e. The second-order valence-electron chi connectivity index (χ2n) is 5.02. The Hall–Kier alpha value is -2.50. The summed E-state index contributed by atoms with van der Waals surface area (Å²) in [5.41, 5.74) is 0. The highest BCUT2D eigenvalue weighted by atomic mass is 16.5. The largest absolute Gasteiger partial charge is 0.497 e. The van der Waals surface area contributed by atoms with Gasteiger partial charge in [-0.25, -0.2) is 4.98 Å². The minimum atomic E-state index is 0.334. The predicted molar refractivity (Wildman–Crippen MR) is 87.8 cm³/mol. The first-order valence-corrected chi connectivity index (χ1v) is 7.27. The molecule has 22 heavy (non-hydrogen) atoms. The van der Waals surface area contributed by atoms with Gasteiger partial charge in [0.2, 0.25) is 5.95 Å². The van der Waals surface area contributed by atoms with Crippen molar-refractivity contribution in [1.29, 1.82) is 0 Å². The second kappa shape index (κ2) is 8.07. The number of ether oxygens (including phenoxy) is 2. The highest BCUT2D eigenvalue weighted by Crippen LogP contribution is 2.16. The van der Waals surface area contributed by atoms with Gasteiger partial charge >= 0.3 is 0 Å². The Bertz CT molecular complexity index is 573. The molecule has 1 aromatic heterocycles. The number of hydrogen-bond acceptors (Lipinski definition) is 6. The molecule has 2 aromatic rings. The van der Waals surface area contributed by atoms with Crippen LogP contribution in [0, 0.1) is 0 Å². The van der Waals surface area contributed by atoms with Gasteiger partial charge in [-0.3, -0.25) is 0 Å². The van der Waals surface area contributed by atoms with E-state index >= 15 is 0 Å². The summed E-state index contributed by atoms with van der Waals surface area (Å²) in [6.07, 6.45) is 1.73. The fourth-order valence-corrected chi connectivity index (χ4v) is 1.82. The maximum Gasteiger partial charge on any atom is 0.224 e. The molecule has 1 aromatic carbocycles. The smallest absolute Gasteiger partial charge is 0.224 e. The van der Waals surface area contributed by atoms with Gasteiger partial charge in [0.05, 0.1) is 13.7 Å². The van der Waals surface area contributed by atoms with Crippen molar-refractivity contribution in [3.63, 3.8) is 0 Å². The van der Waals surface area contributed by atoms with Crippen molar-refractivity contribution in [2.24, 2.45) is 0 Å². The molecule has 0 aliphatic carbocycles. The van der Waals surface area contributed by atoms with Crippen LogP contribution in [-0.4, -0.2) is 36.3 Å². The zero-order valence-corrected chi connectivity index (χ0v) is 13.2. The van der Waals surface area contributed by atoms with Crippen LogP contribution in [0.1, 0.15) is 13.8 Å². The van der Waals surface area contributed by atoms with Crippen LogP contribution < -0.4 is 20.1 Å². The maximum absolute atomic E-state index is 5.63. The van der Waals surface area contributed by atoms with Crippen molar-refractivity contribution in [1.82, 2.24) is 9.97 Å². The summed E-state index contributed by atoms with van der Waals surface area (Å²) in [6.45, 7) is 5.28. The molecule has 0 amide bonds. The van der Waals surface area contributed by atoms with Crippen molar-refractivity contribution in [3.8, 4) is 11.5 Å². The average molecular weight is 302 g/mol. The van der Waals surface area contributed by atoms with Crippen molar-refractivity contribution in [2.45, 2.75) is 19.9 Å². The van der Waals surface area contributed by atoms with Crippen LogP contribution in [0.25, 0.3) is 0 Å². The Balaban J connectivity index is 1.76. The fraction of sp³-hybridized carbons (Fsp3) is 0.375. The summed E-state index contributed by atoms with van der Waals surface area (Å²) in [6, 6.07) is 9.67. The number of nitrogens with zero attached hydrogens (tertiary/aromatic N) is 2. The van der Waals surface area contributed by atoms with Crippen LogP contribution in [0.5, 0.6) is 11.5 Å². The molecule has 0 saturated heterocycles. The summed E-state index contributed by atoms with van der Waals surface area (Å²) in [7, 11) is 1.64. The molecule has 0 spiro atoms. The normalized spacial score (nSPS) is 10.4. The lowest BCUT2D eigenvalue weighted by molar-refractivity contribution is 0.331. The van der Waals surface area contributed by atoms with E-state index in [4.69, 9.17) is 9.47 Å². The summed E-state index contributed by atoms with van der Waals surface area (Å²) in [5, 5.41) is 6.38. The summed E-state index contributed by atoms with van der Waals surface area (Å²) < 4.78 is 10.7. The van der Waals surface area contributed by atoms with E-state index in [0.717, 1.165) is 17.3 Å². The quantitative estimate of drug-likeness (QED) is 0.731. The van der Waals surface area contributed by atoms with E-state index in [9.17, 15) is 0 Å². The molecule has 0 radical (unpaired) electrons. The van der Waals surface area contributed by atoms with Gasteiger partial charge in [-0.1, -0.05) is 0 Å². The van der Waals surface area contributed by atoms with E-state index in [1.807, 2.05) is 30.3 Å². The molecule has 6 nitrogen and oxygen atoms in total. The molecular weight excluding hydrogens is 280 g/mol. The van der Waals surface area contributed by atoms with Crippen LogP contribution in [0.2, 0.25) is 0 Å². The molecular formula is C16H22N4O2. The Morgan fingerprint density at radius 3 is 2.50 bits per heavy atom. The third-order valence-electron chi connectivity index (χ3n) is 2.81. The average Bonchev–Trinajstić information content (AvgIpc) is 2.52.